The van der Waals surface area contributed by atoms with E-state index in [2.05, 4.69) is 17.4 Å². The minimum absolute atomic E-state index is 0.0599. The van der Waals surface area contributed by atoms with Gasteiger partial charge < -0.3 is 21.0 Å². The smallest absolute Gasteiger partial charge is 0.170 e. The third-order valence-corrected chi connectivity index (χ3v) is 3.87. The number of rotatable bonds is 4. The molecule has 2 atom stereocenters. The van der Waals surface area contributed by atoms with E-state index in [0.29, 0.717) is 29.3 Å². The van der Waals surface area contributed by atoms with E-state index in [9.17, 15) is 0 Å². The third kappa shape index (κ3) is 3.85. The second-order valence-electron chi connectivity index (χ2n) is 5.08. The van der Waals surface area contributed by atoms with Crippen molar-refractivity contribution in [1.82, 2.24) is 5.32 Å². The number of nitrogens with zero attached hydrogens (tertiary/aromatic N) is 1. The van der Waals surface area contributed by atoms with Crippen molar-refractivity contribution in [2.24, 2.45) is 10.9 Å². The number of halogens is 1. The second kappa shape index (κ2) is 6.92. The fourth-order valence-corrected chi connectivity index (χ4v) is 2.59. The Morgan fingerprint density at radius 3 is 3.05 bits per heavy atom. The molecule has 1 aromatic carbocycles. The summed E-state index contributed by atoms with van der Waals surface area (Å²) < 4.78 is 5.52. The SMILES string of the molecule is CC1CC(NCc2ccc(/C(N)=N/O)cc2Cl)CCO1. The zero-order valence-electron chi connectivity index (χ0n) is 11.5. The number of oxime groups is 1. The first-order valence-electron chi connectivity index (χ1n) is 6.71. The predicted molar refractivity (Wildman–Crippen MR) is 79.2 cm³/mol. The normalized spacial score (nSPS) is 23.8. The third-order valence-electron chi connectivity index (χ3n) is 3.52. The highest BCUT2D eigenvalue weighted by Gasteiger charge is 2.18. The minimum Gasteiger partial charge on any atom is -0.409 e. The van der Waals surface area contributed by atoms with Crippen molar-refractivity contribution in [1.29, 1.82) is 0 Å². The lowest BCUT2D eigenvalue weighted by Crippen LogP contribution is -2.37. The van der Waals surface area contributed by atoms with E-state index in [1.807, 2.05) is 6.07 Å². The first-order chi connectivity index (χ1) is 9.60. The Balaban J connectivity index is 1.96. The van der Waals surface area contributed by atoms with Gasteiger partial charge in [-0.05, 0) is 31.4 Å². The van der Waals surface area contributed by atoms with Crippen molar-refractivity contribution in [2.75, 3.05) is 6.61 Å². The van der Waals surface area contributed by atoms with Crippen LogP contribution in [-0.2, 0) is 11.3 Å². The van der Waals surface area contributed by atoms with Crippen LogP contribution in [0.25, 0.3) is 0 Å². The van der Waals surface area contributed by atoms with Gasteiger partial charge in [0.05, 0.1) is 6.10 Å². The molecular formula is C14H20ClN3O2. The van der Waals surface area contributed by atoms with Crippen LogP contribution in [0.4, 0.5) is 0 Å². The molecule has 2 rings (SSSR count). The van der Waals surface area contributed by atoms with Gasteiger partial charge in [0.25, 0.3) is 0 Å². The fourth-order valence-electron chi connectivity index (χ4n) is 2.35. The zero-order valence-corrected chi connectivity index (χ0v) is 12.2. The maximum Gasteiger partial charge on any atom is 0.170 e. The Kier molecular flexibility index (Phi) is 5.23. The molecule has 1 aromatic rings. The molecule has 1 fully saturated rings. The average Bonchev–Trinajstić information content (AvgIpc) is 2.45. The van der Waals surface area contributed by atoms with Crippen molar-refractivity contribution in [3.63, 3.8) is 0 Å². The largest absolute Gasteiger partial charge is 0.409 e. The van der Waals surface area contributed by atoms with Gasteiger partial charge in [0.2, 0.25) is 0 Å². The Hall–Kier alpha value is -1.30. The Labute approximate surface area is 123 Å². The Morgan fingerprint density at radius 2 is 2.40 bits per heavy atom. The van der Waals surface area contributed by atoms with E-state index in [1.165, 1.54) is 0 Å². The molecule has 5 nitrogen and oxygen atoms in total. The van der Waals surface area contributed by atoms with Crippen LogP contribution < -0.4 is 11.1 Å². The summed E-state index contributed by atoms with van der Waals surface area (Å²) in [5.41, 5.74) is 7.14. The van der Waals surface area contributed by atoms with E-state index in [1.54, 1.807) is 12.1 Å². The molecular weight excluding hydrogens is 278 g/mol. The standard InChI is InChI=1S/C14H20ClN3O2/c1-9-6-12(4-5-20-9)17-8-11-3-2-10(7-13(11)15)14(16)18-19/h2-3,7,9,12,17,19H,4-6,8H2,1H3,(H2,16,18). The van der Waals surface area contributed by atoms with Crippen LogP contribution in [0.15, 0.2) is 23.4 Å². The minimum atomic E-state index is 0.0599. The monoisotopic (exact) mass is 297 g/mol. The highest BCUT2D eigenvalue weighted by molar-refractivity contribution is 6.31. The van der Waals surface area contributed by atoms with Crippen LogP contribution in [0.5, 0.6) is 0 Å². The van der Waals surface area contributed by atoms with E-state index in [-0.39, 0.29) is 5.84 Å². The van der Waals surface area contributed by atoms with Gasteiger partial charge in [0.15, 0.2) is 5.84 Å². The van der Waals surface area contributed by atoms with E-state index in [0.717, 1.165) is 25.0 Å². The second-order valence-corrected chi connectivity index (χ2v) is 5.48. The summed E-state index contributed by atoms with van der Waals surface area (Å²) in [6.07, 6.45) is 2.34. The van der Waals surface area contributed by atoms with Crippen molar-refractivity contribution in [3.8, 4) is 0 Å². The number of benzene rings is 1. The number of nitrogens with one attached hydrogen (secondary N) is 1. The highest BCUT2D eigenvalue weighted by Crippen LogP contribution is 2.19. The van der Waals surface area contributed by atoms with Crippen molar-refractivity contribution >= 4 is 17.4 Å². The molecule has 1 heterocycles. The molecule has 0 amide bonds. The highest BCUT2D eigenvalue weighted by atomic mass is 35.5. The lowest BCUT2D eigenvalue weighted by Gasteiger charge is -2.28. The van der Waals surface area contributed by atoms with Gasteiger partial charge in [-0.1, -0.05) is 28.9 Å². The van der Waals surface area contributed by atoms with E-state index < -0.39 is 0 Å². The van der Waals surface area contributed by atoms with Gasteiger partial charge in [0.1, 0.15) is 0 Å². The van der Waals surface area contributed by atoms with Gasteiger partial charge >= 0.3 is 0 Å². The predicted octanol–water partition coefficient (Wildman–Crippen LogP) is 2.09. The van der Waals surface area contributed by atoms with Crippen LogP contribution in [0.3, 0.4) is 0 Å². The topological polar surface area (TPSA) is 79.9 Å². The summed E-state index contributed by atoms with van der Waals surface area (Å²) in [6.45, 7) is 3.59. The molecule has 2 unspecified atom stereocenters. The molecule has 20 heavy (non-hydrogen) atoms. The number of nitrogens with two attached hydrogens (primary N) is 1. The van der Waals surface area contributed by atoms with Crippen LogP contribution in [0.1, 0.15) is 30.9 Å². The molecule has 0 spiro atoms. The number of hydrogen-bond donors (Lipinski definition) is 3. The van der Waals surface area contributed by atoms with E-state index in [4.69, 9.17) is 27.3 Å². The summed E-state index contributed by atoms with van der Waals surface area (Å²) >= 11 is 6.22. The van der Waals surface area contributed by atoms with Crippen molar-refractivity contribution in [3.05, 3.63) is 34.3 Å². The number of hydrogen-bond acceptors (Lipinski definition) is 4. The zero-order chi connectivity index (χ0) is 14.5. The first-order valence-corrected chi connectivity index (χ1v) is 7.09. The Morgan fingerprint density at radius 1 is 1.60 bits per heavy atom. The summed E-state index contributed by atoms with van der Waals surface area (Å²) in [4.78, 5) is 0. The van der Waals surface area contributed by atoms with Crippen LogP contribution in [0, 0.1) is 0 Å². The van der Waals surface area contributed by atoms with Gasteiger partial charge in [-0.3, -0.25) is 0 Å². The summed E-state index contributed by atoms with van der Waals surface area (Å²) in [7, 11) is 0. The van der Waals surface area contributed by atoms with Crippen molar-refractivity contribution in [2.45, 2.75) is 38.5 Å². The van der Waals surface area contributed by atoms with Crippen molar-refractivity contribution < 1.29 is 9.94 Å². The number of amidine groups is 1. The molecule has 0 saturated carbocycles. The summed E-state index contributed by atoms with van der Waals surface area (Å²) in [6, 6.07) is 5.86. The van der Waals surface area contributed by atoms with Gasteiger partial charge in [-0.2, -0.15) is 0 Å². The Bertz CT molecular complexity index is 493. The maximum atomic E-state index is 8.64. The van der Waals surface area contributed by atoms with Crippen LogP contribution >= 0.6 is 11.6 Å². The van der Waals surface area contributed by atoms with Crippen LogP contribution in [0.2, 0.25) is 5.02 Å². The molecule has 4 N–H and O–H groups in total. The molecule has 0 aliphatic carbocycles. The molecule has 1 aliphatic heterocycles. The molecule has 110 valence electrons. The fraction of sp³-hybridized carbons (Fsp3) is 0.500. The van der Waals surface area contributed by atoms with Gasteiger partial charge in [-0.25, -0.2) is 0 Å². The molecule has 0 radical (unpaired) electrons. The molecule has 0 aromatic heterocycles. The quantitative estimate of drug-likeness (QED) is 0.344. The first kappa shape index (κ1) is 15.1. The molecule has 1 aliphatic rings. The summed E-state index contributed by atoms with van der Waals surface area (Å²) in [5.74, 6) is 0.0599. The molecule has 0 bridgehead atoms. The van der Waals surface area contributed by atoms with E-state index >= 15 is 0 Å². The van der Waals surface area contributed by atoms with Gasteiger partial charge in [-0.15, -0.1) is 0 Å². The average molecular weight is 298 g/mol. The summed E-state index contributed by atoms with van der Waals surface area (Å²) in [5, 5.41) is 15.7. The molecule has 1 saturated heterocycles. The molecule has 6 heteroatoms. The van der Waals surface area contributed by atoms with Gasteiger partial charge in [0, 0.05) is 29.8 Å². The van der Waals surface area contributed by atoms with Crippen LogP contribution in [-0.4, -0.2) is 29.8 Å². The number of ether oxygens (including phenoxy) is 1. The lowest BCUT2D eigenvalue weighted by atomic mass is 10.0. The lowest BCUT2D eigenvalue weighted by molar-refractivity contribution is 0.0130. The maximum absolute atomic E-state index is 8.64.